The van der Waals surface area contributed by atoms with Crippen LogP contribution >= 0.6 is 0 Å². The molecule has 20 heavy (non-hydrogen) atoms. The molecule has 4 rings (SSSR count). The number of benzene rings is 2. The lowest BCUT2D eigenvalue weighted by atomic mass is 10.1. The molecule has 4 heteroatoms. The van der Waals surface area contributed by atoms with Crippen LogP contribution in [0.15, 0.2) is 66.7 Å². The third-order valence-electron chi connectivity index (χ3n) is 3.48. The Hall–Kier alpha value is -2.46. The molecule has 0 amide bonds. The molecule has 0 aliphatic carbocycles. The third kappa shape index (κ3) is 1.82. The quantitative estimate of drug-likeness (QED) is 0.666. The maximum absolute atomic E-state index is 6.05. The Morgan fingerprint density at radius 3 is 2.60 bits per heavy atom. The number of rotatable bonds is 2. The Labute approximate surface area is 116 Å². The van der Waals surface area contributed by atoms with E-state index in [1.807, 2.05) is 53.2 Å². The van der Waals surface area contributed by atoms with Crippen molar-refractivity contribution in [2.75, 3.05) is 0 Å². The molecule has 0 saturated carbocycles. The summed E-state index contributed by atoms with van der Waals surface area (Å²) in [5.74, 6) is 0. The first kappa shape index (κ1) is 11.4. The fourth-order valence-corrected chi connectivity index (χ4v) is 2.48. The number of hydrogen-bond donors (Lipinski definition) is 0. The average molecular weight is 263 g/mol. The van der Waals surface area contributed by atoms with E-state index >= 15 is 0 Å². The SMILES string of the molecule is C1=CC(n2nnc3ccccc32)OC1c1ccccc1. The van der Waals surface area contributed by atoms with Gasteiger partial charge in [0.2, 0.25) is 0 Å². The van der Waals surface area contributed by atoms with Crippen molar-refractivity contribution in [3.05, 3.63) is 72.3 Å². The summed E-state index contributed by atoms with van der Waals surface area (Å²) in [4.78, 5) is 0. The van der Waals surface area contributed by atoms with Gasteiger partial charge in [-0.15, -0.1) is 5.10 Å². The summed E-state index contributed by atoms with van der Waals surface area (Å²) in [5, 5.41) is 8.36. The van der Waals surface area contributed by atoms with Gasteiger partial charge in [-0.25, -0.2) is 4.68 Å². The van der Waals surface area contributed by atoms with E-state index in [-0.39, 0.29) is 12.3 Å². The molecule has 2 atom stereocenters. The Morgan fingerprint density at radius 2 is 1.70 bits per heavy atom. The van der Waals surface area contributed by atoms with Crippen molar-refractivity contribution in [1.82, 2.24) is 15.0 Å². The van der Waals surface area contributed by atoms with Crippen LogP contribution in [0.5, 0.6) is 0 Å². The van der Waals surface area contributed by atoms with Crippen LogP contribution in [0.3, 0.4) is 0 Å². The van der Waals surface area contributed by atoms with Gasteiger partial charge in [0.1, 0.15) is 11.6 Å². The molecule has 1 aliphatic rings. The van der Waals surface area contributed by atoms with Gasteiger partial charge >= 0.3 is 0 Å². The molecule has 1 aliphatic heterocycles. The lowest BCUT2D eigenvalue weighted by Gasteiger charge is -2.14. The van der Waals surface area contributed by atoms with Crippen molar-refractivity contribution in [2.24, 2.45) is 0 Å². The van der Waals surface area contributed by atoms with Gasteiger partial charge in [0.15, 0.2) is 6.23 Å². The highest BCUT2D eigenvalue weighted by Gasteiger charge is 2.23. The molecule has 0 N–H and O–H groups in total. The van der Waals surface area contributed by atoms with E-state index in [4.69, 9.17) is 4.74 Å². The minimum absolute atomic E-state index is 0.0239. The molecule has 98 valence electrons. The number of fused-ring (bicyclic) bond motifs is 1. The molecule has 0 saturated heterocycles. The Kier molecular flexibility index (Phi) is 2.60. The summed E-state index contributed by atoms with van der Waals surface area (Å²) in [7, 11) is 0. The van der Waals surface area contributed by atoms with Gasteiger partial charge in [0.05, 0.1) is 5.52 Å². The Bertz CT molecular complexity index is 764. The van der Waals surface area contributed by atoms with Gasteiger partial charge < -0.3 is 4.74 Å². The van der Waals surface area contributed by atoms with Gasteiger partial charge in [0, 0.05) is 0 Å². The van der Waals surface area contributed by atoms with E-state index in [1.165, 1.54) is 0 Å². The number of ether oxygens (including phenoxy) is 1. The van der Waals surface area contributed by atoms with Crippen molar-refractivity contribution in [3.8, 4) is 0 Å². The average Bonchev–Trinajstić information content (AvgIpc) is 3.14. The summed E-state index contributed by atoms with van der Waals surface area (Å²) in [5.41, 5.74) is 3.01. The Balaban J connectivity index is 1.65. The third-order valence-corrected chi connectivity index (χ3v) is 3.48. The fraction of sp³-hybridized carbons (Fsp3) is 0.125. The zero-order chi connectivity index (χ0) is 13.4. The van der Waals surface area contributed by atoms with Gasteiger partial charge in [-0.05, 0) is 23.8 Å². The lowest BCUT2D eigenvalue weighted by molar-refractivity contribution is 0.0117. The van der Waals surface area contributed by atoms with Crippen molar-refractivity contribution in [3.63, 3.8) is 0 Å². The molecule has 2 heterocycles. The summed E-state index contributed by atoms with van der Waals surface area (Å²) < 4.78 is 7.86. The standard InChI is InChI=1S/C16H13N3O/c1-2-6-12(7-3-1)15-10-11-16(20-15)19-14-9-5-4-8-13(14)17-18-19/h1-11,15-16H. The molecule has 0 spiro atoms. The number of aromatic nitrogens is 3. The minimum atomic E-state index is -0.201. The van der Waals surface area contributed by atoms with E-state index < -0.39 is 0 Å². The van der Waals surface area contributed by atoms with Crippen LogP contribution in [0.25, 0.3) is 11.0 Å². The molecule has 2 unspecified atom stereocenters. The molecule has 0 radical (unpaired) electrons. The van der Waals surface area contributed by atoms with Crippen LogP contribution < -0.4 is 0 Å². The fourth-order valence-electron chi connectivity index (χ4n) is 2.48. The topological polar surface area (TPSA) is 39.9 Å². The first-order chi connectivity index (χ1) is 9.92. The van der Waals surface area contributed by atoms with Crippen molar-refractivity contribution < 1.29 is 4.74 Å². The van der Waals surface area contributed by atoms with E-state index in [0.717, 1.165) is 16.6 Å². The second kappa shape index (κ2) is 4.58. The second-order valence-electron chi connectivity index (χ2n) is 4.77. The first-order valence-corrected chi connectivity index (χ1v) is 6.60. The van der Waals surface area contributed by atoms with Gasteiger partial charge in [0.25, 0.3) is 0 Å². The van der Waals surface area contributed by atoms with Crippen molar-refractivity contribution >= 4 is 11.0 Å². The Morgan fingerprint density at radius 1 is 0.900 bits per heavy atom. The van der Waals surface area contributed by atoms with Crippen LogP contribution in [0.2, 0.25) is 0 Å². The normalized spacial score (nSPS) is 21.6. The molecular formula is C16H13N3O. The maximum Gasteiger partial charge on any atom is 0.172 e. The molecule has 1 aromatic heterocycles. The van der Waals surface area contributed by atoms with Gasteiger partial charge in [-0.2, -0.15) is 0 Å². The zero-order valence-electron chi connectivity index (χ0n) is 10.8. The highest BCUT2D eigenvalue weighted by Crippen LogP contribution is 2.32. The number of para-hydroxylation sites is 1. The highest BCUT2D eigenvalue weighted by molar-refractivity contribution is 5.74. The monoisotopic (exact) mass is 263 g/mol. The predicted octanol–water partition coefficient (Wildman–Crippen LogP) is 3.26. The van der Waals surface area contributed by atoms with Crippen LogP contribution in [-0.4, -0.2) is 15.0 Å². The molecular weight excluding hydrogens is 250 g/mol. The van der Waals surface area contributed by atoms with E-state index in [9.17, 15) is 0 Å². The predicted molar refractivity (Wildman–Crippen MR) is 76.0 cm³/mol. The lowest BCUT2D eigenvalue weighted by Crippen LogP contribution is -2.10. The van der Waals surface area contributed by atoms with Crippen LogP contribution in [-0.2, 0) is 4.74 Å². The van der Waals surface area contributed by atoms with E-state index in [2.05, 4.69) is 28.5 Å². The molecule has 2 aromatic carbocycles. The highest BCUT2D eigenvalue weighted by atomic mass is 16.5. The first-order valence-electron chi connectivity index (χ1n) is 6.60. The number of hydrogen-bond acceptors (Lipinski definition) is 3. The summed E-state index contributed by atoms with van der Waals surface area (Å²) in [6.45, 7) is 0. The van der Waals surface area contributed by atoms with Gasteiger partial charge in [-0.1, -0.05) is 53.8 Å². The smallest absolute Gasteiger partial charge is 0.172 e. The van der Waals surface area contributed by atoms with Crippen molar-refractivity contribution in [2.45, 2.75) is 12.3 Å². The van der Waals surface area contributed by atoms with E-state index in [1.54, 1.807) is 0 Å². The summed E-state index contributed by atoms with van der Waals surface area (Å²) in [6, 6.07) is 18.1. The maximum atomic E-state index is 6.05. The molecule has 0 fully saturated rings. The molecule has 0 bridgehead atoms. The largest absolute Gasteiger partial charge is 0.341 e. The summed E-state index contributed by atoms with van der Waals surface area (Å²) >= 11 is 0. The molecule has 3 aromatic rings. The van der Waals surface area contributed by atoms with Crippen molar-refractivity contribution in [1.29, 1.82) is 0 Å². The minimum Gasteiger partial charge on any atom is -0.341 e. The zero-order valence-corrected chi connectivity index (χ0v) is 10.8. The molecule has 4 nitrogen and oxygen atoms in total. The van der Waals surface area contributed by atoms with Crippen LogP contribution in [0.1, 0.15) is 17.9 Å². The second-order valence-corrected chi connectivity index (χ2v) is 4.77. The van der Waals surface area contributed by atoms with Crippen LogP contribution in [0.4, 0.5) is 0 Å². The number of nitrogens with zero attached hydrogens (tertiary/aromatic N) is 3. The van der Waals surface area contributed by atoms with Gasteiger partial charge in [-0.3, -0.25) is 0 Å². The van der Waals surface area contributed by atoms with E-state index in [0.29, 0.717) is 0 Å². The van der Waals surface area contributed by atoms with Crippen LogP contribution in [0, 0.1) is 0 Å². The summed E-state index contributed by atoms with van der Waals surface area (Å²) in [6.07, 6.45) is 3.87.